The van der Waals surface area contributed by atoms with Crippen molar-refractivity contribution in [1.82, 2.24) is 0 Å². The number of para-hydroxylation sites is 1. The summed E-state index contributed by atoms with van der Waals surface area (Å²) in [5, 5.41) is 0. The van der Waals surface area contributed by atoms with Crippen LogP contribution in [0.15, 0.2) is 29.8 Å². The molecule has 0 amide bonds. The van der Waals surface area contributed by atoms with Gasteiger partial charge in [0, 0.05) is 12.7 Å². The lowest BCUT2D eigenvalue weighted by Gasteiger charge is -2.09. The van der Waals surface area contributed by atoms with E-state index in [0.717, 1.165) is 5.75 Å². The standard InChI is InChI=1S/C16H22O2/c1-17-13-18-16-11-7-6-10-15(16)12-14-8-4-2-3-5-9-14/h6-7,10-12H,2-5,8-9,13H2,1H3. The van der Waals surface area contributed by atoms with Gasteiger partial charge in [-0.3, -0.25) is 0 Å². The third kappa shape index (κ3) is 3.88. The highest BCUT2D eigenvalue weighted by Crippen LogP contribution is 2.27. The zero-order valence-corrected chi connectivity index (χ0v) is 11.2. The van der Waals surface area contributed by atoms with Gasteiger partial charge >= 0.3 is 0 Å². The minimum Gasteiger partial charge on any atom is -0.467 e. The molecule has 2 nitrogen and oxygen atoms in total. The van der Waals surface area contributed by atoms with Crippen LogP contribution in [0.1, 0.15) is 44.1 Å². The molecule has 2 heteroatoms. The number of benzene rings is 1. The maximum atomic E-state index is 5.59. The van der Waals surface area contributed by atoms with Crippen LogP contribution >= 0.6 is 0 Å². The fourth-order valence-electron chi connectivity index (χ4n) is 2.40. The summed E-state index contributed by atoms with van der Waals surface area (Å²) in [6.07, 6.45) is 10.2. The van der Waals surface area contributed by atoms with Gasteiger partial charge in [0.2, 0.25) is 0 Å². The fourth-order valence-corrected chi connectivity index (χ4v) is 2.40. The van der Waals surface area contributed by atoms with Crippen LogP contribution in [-0.2, 0) is 4.74 Å². The van der Waals surface area contributed by atoms with Gasteiger partial charge in [-0.2, -0.15) is 0 Å². The first-order valence-electron chi connectivity index (χ1n) is 6.80. The quantitative estimate of drug-likeness (QED) is 0.579. The lowest BCUT2D eigenvalue weighted by atomic mass is 10.0. The van der Waals surface area contributed by atoms with Gasteiger partial charge in [-0.15, -0.1) is 0 Å². The largest absolute Gasteiger partial charge is 0.467 e. The third-order valence-corrected chi connectivity index (χ3v) is 3.36. The summed E-state index contributed by atoms with van der Waals surface area (Å²) in [7, 11) is 1.65. The molecular weight excluding hydrogens is 224 g/mol. The Balaban J connectivity index is 2.13. The predicted octanol–water partition coefficient (Wildman–Crippen LogP) is 4.41. The summed E-state index contributed by atoms with van der Waals surface area (Å²) < 4.78 is 10.6. The van der Waals surface area contributed by atoms with Gasteiger partial charge in [-0.1, -0.05) is 42.7 Å². The summed E-state index contributed by atoms with van der Waals surface area (Å²) in [4.78, 5) is 0. The van der Waals surface area contributed by atoms with E-state index in [4.69, 9.17) is 9.47 Å². The molecule has 1 saturated carbocycles. The molecule has 0 bridgehead atoms. The van der Waals surface area contributed by atoms with Crippen molar-refractivity contribution in [3.8, 4) is 5.75 Å². The van der Waals surface area contributed by atoms with Crippen LogP contribution in [-0.4, -0.2) is 13.9 Å². The molecule has 0 N–H and O–H groups in total. The molecule has 0 spiro atoms. The molecule has 2 rings (SSSR count). The van der Waals surface area contributed by atoms with E-state index in [1.807, 2.05) is 12.1 Å². The highest BCUT2D eigenvalue weighted by Gasteiger charge is 2.06. The van der Waals surface area contributed by atoms with Crippen molar-refractivity contribution in [3.05, 3.63) is 35.4 Å². The van der Waals surface area contributed by atoms with Crippen molar-refractivity contribution in [2.24, 2.45) is 0 Å². The second-order valence-corrected chi connectivity index (χ2v) is 4.81. The fraction of sp³-hybridized carbons (Fsp3) is 0.500. The second-order valence-electron chi connectivity index (χ2n) is 4.81. The van der Waals surface area contributed by atoms with Crippen molar-refractivity contribution in [2.75, 3.05) is 13.9 Å². The Kier molecular flexibility index (Phi) is 5.28. The molecule has 0 aromatic heterocycles. The number of methoxy groups -OCH3 is 1. The number of rotatable bonds is 4. The summed E-state index contributed by atoms with van der Waals surface area (Å²) in [5.74, 6) is 0.913. The first-order chi connectivity index (χ1) is 8.90. The topological polar surface area (TPSA) is 18.5 Å². The predicted molar refractivity (Wildman–Crippen MR) is 74.6 cm³/mol. The molecule has 0 aliphatic heterocycles. The van der Waals surface area contributed by atoms with Crippen LogP contribution < -0.4 is 4.74 Å². The van der Waals surface area contributed by atoms with Crippen LogP contribution in [0.2, 0.25) is 0 Å². The van der Waals surface area contributed by atoms with E-state index < -0.39 is 0 Å². The Morgan fingerprint density at radius 1 is 1.06 bits per heavy atom. The van der Waals surface area contributed by atoms with Crippen molar-refractivity contribution in [1.29, 1.82) is 0 Å². The third-order valence-electron chi connectivity index (χ3n) is 3.36. The van der Waals surface area contributed by atoms with E-state index in [1.54, 1.807) is 12.7 Å². The highest BCUT2D eigenvalue weighted by molar-refractivity contribution is 5.59. The molecule has 1 aliphatic rings. The van der Waals surface area contributed by atoms with Gasteiger partial charge in [0.15, 0.2) is 6.79 Å². The Bertz CT molecular complexity index is 386. The van der Waals surface area contributed by atoms with Crippen molar-refractivity contribution >= 4 is 6.08 Å². The highest BCUT2D eigenvalue weighted by atomic mass is 16.7. The normalized spacial score (nSPS) is 16.2. The molecule has 0 saturated heterocycles. The number of hydrogen-bond acceptors (Lipinski definition) is 2. The monoisotopic (exact) mass is 246 g/mol. The summed E-state index contributed by atoms with van der Waals surface area (Å²) in [6.45, 7) is 0.306. The molecule has 98 valence electrons. The van der Waals surface area contributed by atoms with E-state index in [0.29, 0.717) is 6.79 Å². The molecule has 0 atom stereocenters. The van der Waals surface area contributed by atoms with E-state index in [2.05, 4.69) is 18.2 Å². The van der Waals surface area contributed by atoms with Crippen LogP contribution in [0.3, 0.4) is 0 Å². The van der Waals surface area contributed by atoms with Gasteiger partial charge in [0.25, 0.3) is 0 Å². The van der Waals surface area contributed by atoms with E-state index in [-0.39, 0.29) is 0 Å². The van der Waals surface area contributed by atoms with Gasteiger partial charge in [-0.25, -0.2) is 0 Å². The van der Waals surface area contributed by atoms with Crippen LogP contribution in [0.25, 0.3) is 6.08 Å². The molecule has 1 fully saturated rings. The average molecular weight is 246 g/mol. The van der Waals surface area contributed by atoms with Crippen LogP contribution in [0, 0.1) is 0 Å². The summed E-state index contributed by atoms with van der Waals surface area (Å²) in [5.41, 5.74) is 2.73. The Hall–Kier alpha value is -1.28. The van der Waals surface area contributed by atoms with Gasteiger partial charge in [-0.05, 0) is 31.7 Å². The Morgan fingerprint density at radius 3 is 2.50 bits per heavy atom. The van der Waals surface area contributed by atoms with Crippen LogP contribution in [0.4, 0.5) is 0 Å². The van der Waals surface area contributed by atoms with Crippen molar-refractivity contribution < 1.29 is 9.47 Å². The molecule has 1 aliphatic carbocycles. The first kappa shape index (κ1) is 13.2. The first-order valence-corrected chi connectivity index (χ1v) is 6.80. The minimum atomic E-state index is 0.306. The molecule has 18 heavy (non-hydrogen) atoms. The van der Waals surface area contributed by atoms with Gasteiger partial charge < -0.3 is 9.47 Å². The molecule has 1 aromatic rings. The van der Waals surface area contributed by atoms with Gasteiger partial charge in [0.1, 0.15) is 5.75 Å². The average Bonchev–Trinajstić information content (AvgIpc) is 2.66. The SMILES string of the molecule is COCOc1ccccc1C=C1CCCCCC1. The zero-order chi connectivity index (χ0) is 12.6. The molecule has 0 unspecified atom stereocenters. The Labute approximate surface area is 110 Å². The van der Waals surface area contributed by atoms with Crippen molar-refractivity contribution in [2.45, 2.75) is 38.5 Å². The number of allylic oxidation sites excluding steroid dienone is 1. The smallest absolute Gasteiger partial charge is 0.188 e. The molecular formula is C16H22O2. The Morgan fingerprint density at radius 2 is 1.78 bits per heavy atom. The molecule has 1 aromatic carbocycles. The molecule has 0 radical (unpaired) electrons. The zero-order valence-electron chi connectivity index (χ0n) is 11.2. The summed E-state index contributed by atoms with van der Waals surface area (Å²) >= 11 is 0. The van der Waals surface area contributed by atoms with E-state index in [9.17, 15) is 0 Å². The maximum absolute atomic E-state index is 5.59. The summed E-state index contributed by atoms with van der Waals surface area (Å²) in [6, 6.07) is 8.17. The number of hydrogen-bond donors (Lipinski definition) is 0. The van der Waals surface area contributed by atoms with Crippen LogP contribution in [0.5, 0.6) is 5.75 Å². The number of ether oxygens (including phenoxy) is 2. The van der Waals surface area contributed by atoms with Gasteiger partial charge in [0.05, 0.1) is 0 Å². The lowest BCUT2D eigenvalue weighted by molar-refractivity contribution is 0.0510. The minimum absolute atomic E-state index is 0.306. The van der Waals surface area contributed by atoms with E-state index >= 15 is 0 Å². The lowest BCUT2D eigenvalue weighted by Crippen LogP contribution is -2.00. The van der Waals surface area contributed by atoms with E-state index in [1.165, 1.54) is 44.1 Å². The molecule has 0 heterocycles. The van der Waals surface area contributed by atoms with Crippen molar-refractivity contribution in [3.63, 3.8) is 0 Å². The maximum Gasteiger partial charge on any atom is 0.188 e. The second kappa shape index (κ2) is 7.22.